The van der Waals surface area contributed by atoms with Gasteiger partial charge in [0, 0.05) is 19.8 Å². The van der Waals surface area contributed by atoms with Crippen LogP contribution < -0.4 is 4.90 Å². The van der Waals surface area contributed by atoms with E-state index in [2.05, 4.69) is 37.5 Å². The van der Waals surface area contributed by atoms with Crippen molar-refractivity contribution in [2.24, 2.45) is 5.92 Å². The Bertz CT molecular complexity index is 341. The Morgan fingerprint density at radius 3 is 2.93 bits per heavy atom. The molecule has 0 saturated heterocycles. The molecule has 1 fully saturated rings. The smallest absolute Gasteiger partial charge is 0.145 e. The molecule has 0 amide bonds. The van der Waals surface area contributed by atoms with Crippen molar-refractivity contribution in [3.05, 3.63) is 16.1 Å². The van der Waals surface area contributed by atoms with Gasteiger partial charge in [0.2, 0.25) is 0 Å². The van der Waals surface area contributed by atoms with Crippen molar-refractivity contribution in [1.29, 1.82) is 0 Å². The summed E-state index contributed by atoms with van der Waals surface area (Å²) in [7, 11) is 2.04. The zero-order valence-corrected chi connectivity index (χ0v) is 10.8. The van der Waals surface area contributed by atoms with Crippen LogP contribution in [0.15, 0.2) is 12.5 Å². The average molecular weight is 319 g/mol. The van der Waals surface area contributed by atoms with E-state index in [-0.39, 0.29) is 6.10 Å². The molecule has 1 aliphatic carbocycles. The van der Waals surface area contributed by atoms with Gasteiger partial charge in [0.15, 0.2) is 0 Å². The highest BCUT2D eigenvalue weighted by Gasteiger charge is 2.28. The van der Waals surface area contributed by atoms with Gasteiger partial charge in [-0.15, -0.1) is 0 Å². The zero-order valence-electron chi connectivity index (χ0n) is 8.60. The van der Waals surface area contributed by atoms with Gasteiger partial charge >= 0.3 is 0 Å². The summed E-state index contributed by atoms with van der Waals surface area (Å²) < 4.78 is 1.07. The van der Waals surface area contributed by atoms with E-state index in [4.69, 9.17) is 0 Å². The van der Waals surface area contributed by atoms with Gasteiger partial charge in [-0.3, -0.25) is 0 Å². The standard InChI is InChI=1S/C10H14IN3O/c1-14(5-7-2-8(15)3-7)10-9(11)4-12-6-13-10/h4,6-8,15H,2-3,5H2,1H3. The van der Waals surface area contributed by atoms with Crippen molar-refractivity contribution >= 4 is 28.4 Å². The first-order valence-electron chi connectivity index (χ1n) is 5.01. The highest BCUT2D eigenvalue weighted by molar-refractivity contribution is 14.1. The summed E-state index contributed by atoms with van der Waals surface area (Å²) in [6.45, 7) is 0.962. The Hall–Kier alpha value is -0.430. The predicted octanol–water partition coefficient (Wildman–Crippen LogP) is 1.29. The van der Waals surface area contributed by atoms with Gasteiger partial charge in [-0.25, -0.2) is 9.97 Å². The van der Waals surface area contributed by atoms with Gasteiger partial charge in [0.25, 0.3) is 0 Å². The minimum Gasteiger partial charge on any atom is -0.393 e. The van der Waals surface area contributed by atoms with Crippen molar-refractivity contribution in [3.8, 4) is 0 Å². The lowest BCUT2D eigenvalue weighted by Crippen LogP contribution is -2.37. The molecule has 0 unspecified atom stereocenters. The largest absolute Gasteiger partial charge is 0.393 e. The normalized spacial score (nSPS) is 24.7. The summed E-state index contributed by atoms with van der Waals surface area (Å²) in [4.78, 5) is 10.4. The number of nitrogens with zero attached hydrogens (tertiary/aromatic N) is 3. The van der Waals surface area contributed by atoms with Crippen molar-refractivity contribution < 1.29 is 5.11 Å². The fraction of sp³-hybridized carbons (Fsp3) is 0.600. The van der Waals surface area contributed by atoms with E-state index in [1.54, 1.807) is 6.33 Å². The third-order valence-corrected chi connectivity index (χ3v) is 3.51. The quantitative estimate of drug-likeness (QED) is 0.853. The summed E-state index contributed by atoms with van der Waals surface area (Å²) in [5, 5.41) is 9.21. The lowest BCUT2D eigenvalue weighted by molar-refractivity contribution is 0.0464. The second-order valence-electron chi connectivity index (χ2n) is 4.07. The molecule has 1 aliphatic rings. The van der Waals surface area contributed by atoms with E-state index in [0.29, 0.717) is 5.92 Å². The molecule has 15 heavy (non-hydrogen) atoms. The summed E-state index contributed by atoms with van der Waals surface area (Å²) in [6.07, 6.45) is 5.16. The van der Waals surface area contributed by atoms with Crippen LogP contribution in [0.25, 0.3) is 0 Å². The minimum absolute atomic E-state index is 0.0760. The Balaban J connectivity index is 1.96. The van der Waals surface area contributed by atoms with E-state index < -0.39 is 0 Å². The summed E-state index contributed by atoms with van der Waals surface area (Å²) >= 11 is 2.24. The fourth-order valence-corrected chi connectivity index (χ4v) is 2.62. The summed E-state index contributed by atoms with van der Waals surface area (Å²) in [5.74, 6) is 1.59. The van der Waals surface area contributed by atoms with Crippen LogP contribution in [-0.4, -0.2) is 34.8 Å². The predicted molar refractivity (Wildman–Crippen MR) is 66.7 cm³/mol. The lowest BCUT2D eigenvalue weighted by atomic mass is 9.82. The van der Waals surface area contributed by atoms with Crippen LogP contribution in [0.1, 0.15) is 12.8 Å². The van der Waals surface area contributed by atoms with Crippen LogP contribution >= 0.6 is 22.6 Å². The Kier molecular flexibility index (Phi) is 3.40. The van der Waals surface area contributed by atoms with Crippen LogP contribution in [0, 0.1) is 9.49 Å². The van der Waals surface area contributed by atoms with Gasteiger partial charge < -0.3 is 10.0 Å². The number of rotatable bonds is 3. The number of hydrogen-bond donors (Lipinski definition) is 1. The number of aliphatic hydroxyl groups excluding tert-OH is 1. The van der Waals surface area contributed by atoms with E-state index in [9.17, 15) is 5.11 Å². The molecule has 2 rings (SSSR count). The van der Waals surface area contributed by atoms with E-state index >= 15 is 0 Å². The Morgan fingerprint density at radius 2 is 2.33 bits per heavy atom. The molecule has 0 spiro atoms. The molecule has 1 saturated carbocycles. The Labute approximate surface area is 103 Å². The number of aliphatic hydroxyl groups is 1. The van der Waals surface area contributed by atoms with Gasteiger partial charge in [0.1, 0.15) is 12.1 Å². The number of anilines is 1. The van der Waals surface area contributed by atoms with Gasteiger partial charge in [0.05, 0.1) is 9.67 Å². The monoisotopic (exact) mass is 319 g/mol. The molecule has 1 N–H and O–H groups in total. The molecular weight excluding hydrogens is 305 g/mol. The van der Waals surface area contributed by atoms with Crippen LogP contribution in [0.2, 0.25) is 0 Å². The van der Waals surface area contributed by atoms with E-state index in [1.807, 2.05) is 13.2 Å². The highest BCUT2D eigenvalue weighted by Crippen LogP contribution is 2.29. The first kappa shape index (κ1) is 11.1. The third-order valence-electron chi connectivity index (χ3n) is 2.75. The molecule has 0 bridgehead atoms. The van der Waals surface area contributed by atoms with Crippen LogP contribution in [0.5, 0.6) is 0 Å². The van der Waals surface area contributed by atoms with Crippen molar-refractivity contribution in [1.82, 2.24) is 9.97 Å². The molecule has 4 nitrogen and oxygen atoms in total. The number of hydrogen-bond acceptors (Lipinski definition) is 4. The zero-order chi connectivity index (χ0) is 10.8. The van der Waals surface area contributed by atoms with E-state index in [1.165, 1.54) is 0 Å². The maximum absolute atomic E-state index is 9.21. The van der Waals surface area contributed by atoms with Gasteiger partial charge in [-0.05, 0) is 41.4 Å². The second-order valence-corrected chi connectivity index (χ2v) is 5.23. The van der Waals surface area contributed by atoms with E-state index in [0.717, 1.165) is 28.8 Å². The molecule has 1 aromatic heterocycles. The summed E-state index contributed by atoms with van der Waals surface area (Å²) in [5.41, 5.74) is 0. The molecule has 82 valence electrons. The van der Waals surface area contributed by atoms with Crippen LogP contribution in [0.4, 0.5) is 5.82 Å². The second kappa shape index (κ2) is 4.61. The van der Waals surface area contributed by atoms with Crippen molar-refractivity contribution in [2.75, 3.05) is 18.5 Å². The molecular formula is C10H14IN3O. The Morgan fingerprint density at radius 1 is 1.60 bits per heavy atom. The topological polar surface area (TPSA) is 49.2 Å². The SMILES string of the molecule is CN(CC1CC(O)C1)c1ncncc1I. The summed E-state index contributed by atoms with van der Waals surface area (Å²) in [6, 6.07) is 0. The molecule has 1 heterocycles. The minimum atomic E-state index is -0.0760. The van der Waals surface area contributed by atoms with Gasteiger partial charge in [-0.2, -0.15) is 0 Å². The first-order valence-corrected chi connectivity index (χ1v) is 6.09. The van der Waals surface area contributed by atoms with Crippen molar-refractivity contribution in [2.45, 2.75) is 18.9 Å². The van der Waals surface area contributed by atoms with Crippen molar-refractivity contribution in [3.63, 3.8) is 0 Å². The van der Waals surface area contributed by atoms with Crippen LogP contribution in [0.3, 0.4) is 0 Å². The fourth-order valence-electron chi connectivity index (χ4n) is 1.91. The molecule has 0 aromatic carbocycles. The lowest BCUT2D eigenvalue weighted by Gasteiger charge is -2.34. The third kappa shape index (κ3) is 2.57. The number of halogens is 1. The molecule has 0 aliphatic heterocycles. The van der Waals surface area contributed by atoms with Gasteiger partial charge in [-0.1, -0.05) is 0 Å². The average Bonchev–Trinajstić information content (AvgIpc) is 2.16. The first-order chi connectivity index (χ1) is 7.16. The molecule has 0 atom stereocenters. The maximum atomic E-state index is 9.21. The molecule has 5 heteroatoms. The van der Waals surface area contributed by atoms with Crippen LogP contribution in [-0.2, 0) is 0 Å². The maximum Gasteiger partial charge on any atom is 0.145 e. The number of aromatic nitrogens is 2. The highest BCUT2D eigenvalue weighted by atomic mass is 127. The molecule has 1 aromatic rings. The molecule has 0 radical (unpaired) electrons.